The van der Waals surface area contributed by atoms with E-state index in [1.165, 1.54) is 18.7 Å². The summed E-state index contributed by atoms with van der Waals surface area (Å²) in [5.41, 5.74) is 3.41. The van der Waals surface area contributed by atoms with Gasteiger partial charge in [-0.25, -0.2) is 0 Å². The molecule has 0 bridgehead atoms. The van der Waals surface area contributed by atoms with E-state index >= 15 is 0 Å². The molecule has 36 heavy (non-hydrogen) atoms. The molecule has 2 aromatic carbocycles. The van der Waals surface area contributed by atoms with Gasteiger partial charge in [0, 0.05) is 24.3 Å². The molecular weight excluding hydrogens is 474 g/mol. The summed E-state index contributed by atoms with van der Waals surface area (Å²) in [6.07, 6.45) is -0.312. The second-order valence-corrected chi connectivity index (χ2v) is 10.2. The van der Waals surface area contributed by atoms with Crippen LogP contribution in [0, 0.1) is 6.92 Å². The van der Waals surface area contributed by atoms with Crippen molar-refractivity contribution < 1.29 is 14.3 Å². The van der Waals surface area contributed by atoms with Crippen molar-refractivity contribution in [2.75, 3.05) is 16.4 Å². The Kier molecular flexibility index (Phi) is 9.14. The van der Waals surface area contributed by atoms with Crippen molar-refractivity contribution in [2.24, 2.45) is 0 Å². The minimum atomic E-state index is -0.312. The number of ether oxygens (including phenoxy) is 1. The fourth-order valence-electron chi connectivity index (χ4n) is 3.86. The number of aromatic nitrogens is 3. The highest BCUT2D eigenvalue weighted by molar-refractivity contribution is 7.99. The Hall–Kier alpha value is -3.33. The summed E-state index contributed by atoms with van der Waals surface area (Å²) < 4.78 is 8.33. The topological polar surface area (TPSA) is 98.1 Å². The first kappa shape index (κ1) is 27.3. The van der Waals surface area contributed by atoms with Gasteiger partial charge in [0.25, 0.3) is 0 Å². The molecule has 2 amide bonds. The number of rotatable bonds is 10. The van der Waals surface area contributed by atoms with Crippen LogP contribution in [0.25, 0.3) is 0 Å². The molecule has 0 aliphatic carbocycles. The second kappa shape index (κ2) is 12.1. The third-order valence-electron chi connectivity index (χ3n) is 5.57. The number of benzene rings is 2. The molecular formula is C27H35N5O3S. The highest BCUT2D eigenvalue weighted by Gasteiger charge is 2.23. The third-order valence-corrected chi connectivity index (χ3v) is 6.51. The highest BCUT2D eigenvalue weighted by atomic mass is 32.2. The van der Waals surface area contributed by atoms with Crippen molar-refractivity contribution in [2.45, 2.75) is 71.7 Å². The monoisotopic (exact) mass is 509 g/mol. The Balaban J connectivity index is 1.68. The van der Waals surface area contributed by atoms with Gasteiger partial charge in [0.05, 0.1) is 5.75 Å². The largest absolute Gasteiger partial charge is 0.482 e. The molecule has 3 aromatic rings. The summed E-state index contributed by atoms with van der Waals surface area (Å²) in [5.74, 6) is 1.79. The molecule has 1 unspecified atom stereocenters. The summed E-state index contributed by atoms with van der Waals surface area (Å²) in [4.78, 5) is 23.9. The van der Waals surface area contributed by atoms with E-state index in [1.54, 1.807) is 12.1 Å². The van der Waals surface area contributed by atoms with Crippen LogP contribution in [0.4, 0.5) is 11.4 Å². The summed E-state index contributed by atoms with van der Waals surface area (Å²) in [5, 5.41) is 15.1. The lowest BCUT2D eigenvalue weighted by molar-refractivity contribution is -0.114. The number of para-hydroxylation sites is 1. The van der Waals surface area contributed by atoms with Crippen LogP contribution in [0.15, 0.2) is 47.6 Å². The normalized spacial score (nSPS) is 12.0. The first-order valence-electron chi connectivity index (χ1n) is 12.1. The maximum Gasteiger partial charge on any atom is 0.234 e. The molecule has 0 fully saturated rings. The van der Waals surface area contributed by atoms with Crippen LogP contribution < -0.4 is 15.4 Å². The van der Waals surface area contributed by atoms with E-state index in [0.717, 1.165) is 28.4 Å². The van der Waals surface area contributed by atoms with E-state index < -0.39 is 0 Å². The van der Waals surface area contributed by atoms with Crippen molar-refractivity contribution in [1.82, 2.24) is 14.8 Å². The van der Waals surface area contributed by atoms with Gasteiger partial charge in [-0.1, -0.05) is 43.8 Å². The molecule has 0 saturated carbocycles. The minimum absolute atomic E-state index is 0.0934. The van der Waals surface area contributed by atoms with Crippen LogP contribution >= 0.6 is 11.8 Å². The Morgan fingerprint density at radius 3 is 2.39 bits per heavy atom. The molecule has 0 aliphatic heterocycles. The molecule has 1 heterocycles. The lowest BCUT2D eigenvalue weighted by atomic mass is 10.0. The lowest BCUT2D eigenvalue weighted by Gasteiger charge is -2.21. The van der Waals surface area contributed by atoms with Gasteiger partial charge in [-0.2, -0.15) is 0 Å². The van der Waals surface area contributed by atoms with Crippen LogP contribution in [0.1, 0.15) is 76.6 Å². The minimum Gasteiger partial charge on any atom is -0.482 e. The summed E-state index contributed by atoms with van der Waals surface area (Å²) in [7, 11) is 0. The summed E-state index contributed by atoms with van der Waals surface area (Å²) >= 11 is 1.34. The number of thioether (sulfide) groups is 1. The van der Waals surface area contributed by atoms with Crippen LogP contribution in [0.3, 0.4) is 0 Å². The number of carbonyl (C=O) groups excluding carboxylic acids is 2. The number of nitrogens with one attached hydrogen (secondary N) is 2. The SMILES string of the molecule is CC(=O)Nc1ccc(NC(=O)CSc2nnc(C(C)Oc3ccccc3C(C)C)n2C(C)C)cc1C. The van der Waals surface area contributed by atoms with Gasteiger partial charge in [0.1, 0.15) is 5.75 Å². The van der Waals surface area contributed by atoms with Crippen molar-refractivity contribution in [3.8, 4) is 5.75 Å². The molecule has 0 saturated heterocycles. The Morgan fingerprint density at radius 1 is 1.03 bits per heavy atom. The van der Waals surface area contributed by atoms with E-state index in [1.807, 2.05) is 42.7 Å². The molecule has 0 radical (unpaired) electrons. The van der Waals surface area contributed by atoms with E-state index in [2.05, 4.69) is 54.6 Å². The fourth-order valence-corrected chi connectivity index (χ4v) is 4.73. The summed E-state index contributed by atoms with van der Waals surface area (Å²) in [6, 6.07) is 13.5. The standard InChI is InChI=1S/C27H35N5O3S/c1-16(2)22-10-8-9-11-24(22)35-19(6)26-30-31-27(32(26)17(3)4)36-15-25(34)29-21-12-13-23(18(5)14-21)28-20(7)33/h8-14,16-17,19H,15H2,1-7H3,(H,28,33)(H,29,34). The van der Waals surface area contributed by atoms with Crippen molar-refractivity contribution >= 4 is 35.0 Å². The van der Waals surface area contributed by atoms with Crippen LogP contribution in [0.5, 0.6) is 5.75 Å². The Bertz CT molecular complexity index is 1220. The van der Waals surface area contributed by atoms with E-state index in [9.17, 15) is 9.59 Å². The number of hydrogen-bond donors (Lipinski definition) is 2. The highest BCUT2D eigenvalue weighted by Crippen LogP contribution is 2.32. The molecule has 0 spiro atoms. The Morgan fingerprint density at radius 2 is 1.75 bits per heavy atom. The number of nitrogens with zero attached hydrogens (tertiary/aromatic N) is 3. The van der Waals surface area contributed by atoms with Gasteiger partial charge < -0.3 is 19.9 Å². The zero-order chi connectivity index (χ0) is 26.4. The number of aryl methyl sites for hydroxylation is 1. The number of amides is 2. The molecule has 8 nitrogen and oxygen atoms in total. The van der Waals surface area contributed by atoms with Crippen LogP contribution in [-0.4, -0.2) is 32.3 Å². The fraction of sp³-hybridized carbons (Fsp3) is 0.407. The number of anilines is 2. The lowest BCUT2D eigenvalue weighted by Crippen LogP contribution is -2.17. The zero-order valence-corrected chi connectivity index (χ0v) is 22.8. The van der Waals surface area contributed by atoms with Crippen molar-refractivity contribution in [3.63, 3.8) is 0 Å². The predicted octanol–water partition coefficient (Wildman–Crippen LogP) is 6.12. The first-order valence-corrected chi connectivity index (χ1v) is 13.1. The maximum atomic E-state index is 12.6. The average molecular weight is 510 g/mol. The van der Waals surface area contributed by atoms with Gasteiger partial charge in [0.2, 0.25) is 11.8 Å². The second-order valence-electron chi connectivity index (χ2n) is 9.30. The van der Waals surface area contributed by atoms with Crippen LogP contribution in [-0.2, 0) is 9.59 Å². The summed E-state index contributed by atoms with van der Waals surface area (Å²) in [6.45, 7) is 13.7. The molecule has 1 aromatic heterocycles. The molecule has 3 rings (SSSR count). The predicted molar refractivity (Wildman–Crippen MR) is 145 cm³/mol. The van der Waals surface area contributed by atoms with Gasteiger partial charge in [-0.3, -0.25) is 9.59 Å². The zero-order valence-electron chi connectivity index (χ0n) is 22.0. The van der Waals surface area contributed by atoms with E-state index in [4.69, 9.17) is 4.74 Å². The van der Waals surface area contributed by atoms with Gasteiger partial charge in [-0.05, 0) is 69.0 Å². The van der Waals surface area contributed by atoms with Crippen molar-refractivity contribution in [3.05, 3.63) is 59.4 Å². The number of hydrogen-bond acceptors (Lipinski definition) is 6. The Labute approximate surface area is 217 Å². The molecule has 2 N–H and O–H groups in total. The smallest absolute Gasteiger partial charge is 0.234 e. The van der Waals surface area contributed by atoms with Gasteiger partial charge in [-0.15, -0.1) is 10.2 Å². The van der Waals surface area contributed by atoms with Gasteiger partial charge >= 0.3 is 0 Å². The molecule has 192 valence electrons. The molecule has 1 atom stereocenters. The van der Waals surface area contributed by atoms with E-state index in [-0.39, 0.29) is 29.7 Å². The quantitative estimate of drug-likeness (QED) is 0.320. The van der Waals surface area contributed by atoms with E-state index in [0.29, 0.717) is 16.8 Å². The van der Waals surface area contributed by atoms with Crippen molar-refractivity contribution in [1.29, 1.82) is 0 Å². The maximum absolute atomic E-state index is 12.6. The average Bonchev–Trinajstić information content (AvgIpc) is 3.24. The molecule has 9 heteroatoms. The first-order chi connectivity index (χ1) is 17.1. The third kappa shape index (κ3) is 6.87. The number of carbonyl (C=O) groups is 2. The molecule has 0 aliphatic rings. The van der Waals surface area contributed by atoms with Gasteiger partial charge in [0.15, 0.2) is 17.1 Å². The van der Waals surface area contributed by atoms with Crippen LogP contribution in [0.2, 0.25) is 0 Å².